The minimum Gasteiger partial charge on any atom is -0.360 e. The van der Waals surface area contributed by atoms with E-state index in [4.69, 9.17) is 11.6 Å². The third kappa shape index (κ3) is 3.54. The summed E-state index contributed by atoms with van der Waals surface area (Å²) in [7, 11) is 0. The highest BCUT2D eigenvalue weighted by molar-refractivity contribution is 8.00. The smallest absolute Gasteiger partial charge is 0.360 e. The summed E-state index contributed by atoms with van der Waals surface area (Å²) in [5, 5.41) is 1.18. The Morgan fingerprint density at radius 1 is 1.09 bits per heavy atom. The molecule has 0 bridgehead atoms. The molecule has 0 aliphatic carbocycles. The zero-order chi connectivity index (χ0) is 16.6. The number of hydrogen-bond acceptors (Lipinski definition) is 2. The first-order valence-electron chi connectivity index (χ1n) is 6.51. The van der Waals surface area contributed by atoms with Crippen molar-refractivity contribution in [2.45, 2.75) is 10.4 Å². The van der Waals surface area contributed by atoms with E-state index >= 15 is 0 Å². The summed E-state index contributed by atoms with van der Waals surface area (Å²) >= 11 is 5.73. The van der Waals surface area contributed by atoms with Crippen LogP contribution in [0.1, 0.15) is 15.9 Å². The van der Waals surface area contributed by atoms with Crippen LogP contribution in [0, 0.1) is 0 Å². The predicted octanol–water partition coefficient (Wildman–Crippen LogP) is 5.66. The molecule has 0 radical (unpaired) electrons. The number of carbonyl (C=O) groups excluding carboxylic acids is 1. The van der Waals surface area contributed by atoms with Crippen molar-refractivity contribution in [1.82, 2.24) is 4.98 Å². The number of hydrogen-bond donors (Lipinski definition) is 1. The maximum atomic E-state index is 12.5. The lowest BCUT2D eigenvalue weighted by Gasteiger charge is -2.06. The minimum absolute atomic E-state index is 0.0380. The Labute approximate surface area is 138 Å². The monoisotopic (exact) mass is 355 g/mol. The highest BCUT2D eigenvalue weighted by Crippen LogP contribution is 2.37. The van der Waals surface area contributed by atoms with Crippen molar-refractivity contribution >= 4 is 40.0 Å². The molecule has 0 aliphatic rings. The lowest BCUT2D eigenvalue weighted by Crippen LogP contribution is -2.01. The number of aromatic nitrogens is 1. The second kappa shape index (κ2) is 5.94. The third-order valence-corrected chi connectivity index (χ3v) is 4.21. The molecule has 2 aromatic carbocycles. The summed E-state index contributed by atoms with van der Waals surface area (Å²) in [5.74, 6) is -0.276. The van der Waals surface area contributed by atoms with Gasteiger partial charge in [-0.1, -0.05) is 11.6 Å². The van der Waals surface area contributed by atoms with Gasteiger partial charge in [0.2, 0.25) is 0 Å². The van der Waals surface area contributed by atoms with E-state index in [1.165, 1.54) is 24.3 Å². The zero-order valence-corrected chi connectivity index (χ0v) is 13.0. The van der Waals surface area contributed by atoms with Gasteiger partial charge in [-0.15, -0.1) is 0 Å². The minimum atomic E-state index is -4.35. The Hall–Kier alpha value is -1.92. The van der Waals surface area contributed by atoms with Crippen molar-refractivity contribution < 1.29 is 18.0 Å². The molecular weight excluding hydrogens is 347 g/mol. The van der Waals surface area contributed by atoms with Gasteiger partial charge in [-0.25, -0.2) is 0 Å². The van der Waals surface area contributed by atoms with Crippen LogP contribution < -0.4 is 0 Å². The first-order chi connectivity index (χ1) is 10.8. The largest absolute Gasteiger partial charge is 0.446 e. The van der Waals surface area contributed by atoms with E-state index in [-0.39, 0.29) is 22.4 Å². The molecule has 1 aromatic heterocycles. The third-order valence-electron chi connectivity index (χ3n) is 3.24. The van der Waals surface area contributed by atoms with Crippen LogP contribution in [-0.4, -0.2) is 16.3 Å². The molecule has 0 amide bonds. The molecule has 0 spiro atoms. The van der Waals surface area contributed by atoms with Gasteiger partial charge in [-0.05, 0) is 54.2 Å². The van der Waals surface area contributed by atoms with Crippen molar-refractivity contribution in [1.29, 1.82) is 0 Å². The number of alkyl halides is 3. The molecule has 3 rings (SSSR count). The van der Waals surface area contributed by atoms with E-state index in [2.05, 4.69) is 4.98 Å². The standard InChI is InChI=1S/C16H9ClF3NOS/c17-10-3-6-14-12(7-10)13(8-21-14)15(22)9-1-4-11(5-2-9)23-16(18,19)20/h1-8,21H. The van der Waals surface area contributed by atoms with Crippen LogP contribution in [0.15, 0.2) is 53.6 Å². The molecule has 0 saturated carbocycles. The van der Waals surface area contributed by atoms with Gasteiger partial charge in [-0.3, -0.25) is 4.79 Å². The topological polar surface area (TPSA) is 32.9 Å². The molecule has 1 heterocycles. The fraction of sp³-hybridized carbons (Fsp3) is 0.0625. The average Bonchev–Trinajstić information content (AvgIpc) is 2.88. The van der Waals surface area contributed by atoms with Gasteiger partial charge in [0.1, 0.15) is 0 Å². The van der Waals surface area contributed by atoms with Crippen molar-refractivity contribution in [3.8, 4) is 0 Å². The van der Waals surface area contributed by atoms with Crippen molar-refractivity contribution in [2.75, 3.05) is 0 Å². The van der Waals surface area contributed by atoms with E-state index in [0.717, 1.165) is 5.52 Å². The summed E-state index contributed by atoms with van der Waals surface area (Å²) < 4.78 is 36.9. The van der Waals surface area contributed by atoms with Crippen LogP contribution in [0.25, 0.3) is 10.9 Å². The number of thioether (sulfide) groups is 1. The SMILES string of the molecule is O=C(c1ccc(SC(F)(F)F)cc1)c1c[nH]c2ccc(Cl)cc12. The molecule has 7 heteroatoms. The number of fused-ring (bicyclic) bond motifs is 1. The summed E-state index contributed by atoms with van der Waals surface area (Å²) in [5.41, 5.74) is -2.84. The van der Waals surface area contributed by atoms with Gasteiger partial charge in [0, 0.05) is 38.1 Å². The van der Waals surface area contributed by atoms with Gasteiger partial charge in [0.05, 0.1) is 0 Å². The molecule has 3 aromatic rings. The Morgan fingerprint density at radius 3 is 2.43 bits per heavy atom. The molecule has 0 unspecified atom stereocenters. The molecule has 0 saturated heterocycles. The molecule has 118 valence electrons. The van der Waals surface area contributed by atoms with Gasteiger partial charge < -0.3 is 4.98 Å². The first kappa shape index (κ1) is 16.0. The number of aromatic amines is 1. The molecule has 0 atom stereocenters. The lowest BCUT2D eigenvalue weighted by molar-refractivity contribution is -0.0328. The first-order valence-corrected chi connectivity index (χ1v) is 7.70. The number of benzene rings is 2. The highest BCUT2D eigenvalue weighted by atomic mass is 35.5. The van der Waals surface area contributed by atoms with E-state index in [9.17, 15) is 18.0 Å². The Balaban J connectivity index is 1.91. The second-order valence-corrected chi connectivity index (χ2v) is 6.37. The van der Waals surface area contributed by atoms with Gasteiger partial charge in [0.15, 0.2) is 5.78 Å². The number of halogens is 4. The second-order valence-electron chi connectivity index (χ2n) is 4.79. The molecular formula is C16H9ClF3NOS. The van der Waals surface area contributed by atoms with Gasteiger partial charge in [-0.2, -0.15) is 13.2 Å². The normalized spacial score (nSPS) is 11.8. The van der Waals surface area contributed by atoms with Crippen LogP contribution in [0.2, 0.25) is 5.02 Å². The summed E-state index contributed by atoms with van der Waals surface area (Å²) in [4.78, 5) is 15.6. The zero-order valence-electron chi connectivity index (χ0n) is 11.4. The van der Waals surface area contributed by atoms with E-state index in [1.54, 1.807) is 24.4 Å². The van der Waals surface area contributed by atoms with Crippen LogP contribution in [-0.2, 0) is 0 Å². The summed E-state index contributed by atoms with van der Waals surface area (Å²) in [6, 6.07) is 10.5. The Kier molecular flexibility index (Phi) is 4.12. The Bertz CT molecular complexity index is 871. The van der Waals surface area contributed by atoms with E-state index in [0.29, 0.717) is 21.5 Å². The number of nitrogens with one attached hydrogen (secondary N) is 1. The molecule has 1 N–H and O–H groups in total. The number of ketones is 1. The lowest BCUT2D eigenvalue weighted by atomic mass is 10.0. The maximum absolute atomic E-state index is 12.5. The summed E-state index contributed by atoms with van der Waals surface area (Å²) in [6.45, 7) is 0. The quantitative estimate of drug-likeness (QED) is 0.485. The van der Waals surface area contributed by atoms with E-state index in [1.807, 2.05) is 0 Å². The van der Waals surface area contributed by atoms with Gasteiger partial charge >= 0.3 is 5.51 Å². The molecule has 23 heavy (non-hydrogen) atoms. The van der Waals surface area contributed by atoms with Gasteiger partial charge in [0.25, 0.3) is 0 Å². The predicted molar refractivity (Wildman–Crippen MR) is 85.1 cm³/mol. The fourth-order valence-corrected chi connectivity index (χ4v) is 2.96. The highest BCUT2D eigenvalue weighted by Gasteiger charge is 2.29. The molecule has 0 fully saturated rings. The van der Waals surface area contributed by atoms with Crippen molar-refractivity contribution in [3.63, 3.8) is 0 Å². The number of H-pyrrole nitrogens is 1. The average molecular weight is 356 g/mol. The van der Waals surface area contributed by atoms with Crippen LogP contribution >= 0.6 is 23.4 Å². The fourth-order valence-electron chi connectivity index (χ4n) is 2.24. The Morgan fingerprint density at radius 2 is 1.78 bits per heavy atom. The van der Waals surface area contributed by atoms with Crippen LogP contribution in [0.5, 0.6) is 0 Å². The molecule has 0 aliphatic heterocycles. The maximum Gasteiger partial charge on any atom is 0.446 e. The van der Waals surface area contributed by atoms with E-state index < -0.39 is 5.51 Å². The van der Waals surface area contributed by atoms with Crippen LogP contribution in [0.3, 0.4) is 0 Å². The number of rotatable bonds is 3. The number of carbonyl (C=O) groups is 1. The van der Waals surface area contributed by atoms with Crippen molar-refractivity contribution in [3.05, 3.63) is 64.8 Å². The van der Waals surface area contributed by atoms with Crippen molar-refractivity contribution in [2.24, 2.45) is 0 Å². The summed E-state index contributed by atoms with van der Waals surface area (Å²) in [6.07, 6.45) is 1.57. The molecule has 2 nitrogen and oxygen atoms in total. The van der Waals surface area contributed by atoms with Crippen LogP contribution in [0.4, 0.5) is 13.2 Å².